The quantitative estimate of drug-likeness (QED) is 0.396. The summed E-state index contributed by atoms with van der Waals surface area (Å²) >= 11 is 0. The largest absolute Gasteiger partial charge is 0.518 e. The summed E-state index contributed by atoms with van der Waals surface area (Å²) in [6.45, 7) is 17.3. The van der Waals surface area contributed by atoms with Crippen LogP contribution < -0.4 is 0 Å². The first-order valence-corrected chi connectivity index (χ1v) is 13.1. The van der Waals surface area contributed by atoms with Crippen molar-refractivity contribution in [2.75, 3.05) is 0 Å². The summed E-state index contributed by atoms with van der Waals surface area (Å²) in [6.07, 6.45) is 4.87. The number of rotatable bonds is 12. The highest BCUT2D eigenvalue weighted by molar-refractivity contribution is 6.78. The molecule has 2 radical (unpaired) electrons. The minimum absolute atomic E-state index is 0.00338. The molecule has 1 unspecified atom stereocenters. The third kappa shape index (κ3) is 8.30. The highest BCUT2D eigenvalue weighted by Crippen LogP contribution is 2.45. The zero-order chi connectivity index (χ0) is 18.8. The maximum absolute atomic E-state index is 12.8. The maximum Gasteiger partial charge on any atom is 0.295 e. The van der Waals surface area contributed by atoms with Crippen molar-refractivity contribution >= 4 is 24.0 Å². The van der Waals surface area contributed by atoms with E-state index in [1.807, 2.05) is 20.8 Å². The molecule has 0 aromatic rings. The molecular formula is C19H40O3Si2. The molecule has 0 spiro atoms. The van der Waals surface area contributed by atoms with Gasteiger partial charge >= 0.3 is 0 Å². The van der Waals surface area contributed by atoms with E-state index in [2.05, 4.69) is 34.6 Å². The molecule has 24 heavy (non-hydrogen) atoms. The Balaban J connectivity index is 5.03. The zero-order valence-electron chi connectivity index (χ0n) is 17.3. The van der Waals surface area contributed by atoms with E-state index in [1.54, 1.807) is 0 Å². The molecule has 0 aromatic carbocycles. The highest BCUT2D eigenvalue weighted by atomic mass is 28.4. The Labute approximate surface area is 154 Å². The van der Waals surface area contributed by atoms with E-state index in [9.17, 15) is 4.79 Å². The summed E-state index contributed by atoms with van der Waals surface area (Å²) in [5, 5.41) is 0.0867. The van der Waals surface area contributed by atoms with Gasteiger partial charge in [-0.2, -0.15) is 0 Å². The fourth-order valence-electron chi connectivity index (χ4n) is 2.77. The molecule has 0 rings (SSSR count). The standard InChI is InChI=1S/C19H40O3Si2/c1-9-11-13-24(14-12-10-2,19(6,7)8)22-18(20)17(5)15-23-21-16(3)4/h16-17H,9-15H2,1-8H3. The van der Waals surface area contributed by atoms with Gasteiger partial charge in [0.2, 0.25) is 9.76 Å². The summed E-state index contributed by atoms with van der Waals surface area (Å²) in [6, 6.07) is 2.96. The second-order valence-corrected chi connectivity index (χ2v) is 13.9. The predicted molar refractivity (Wildman–Crippen MR) is 107 cm³/mol. The Morgan fingerprint density at radius 3 is 1.92 bits per heavy atom. The summed E-state index contributed by atoms with van der Waals surface area (Å²) < 4.78 is 12.0. The van der Waals surface area contributed by atoms with E-state index < -0.39 is 8.32 Å². The first-order chi connectivity index (χ1) is 11.1. The Bertz CT molecular complexity index is 343. The summed E-state index contributed by atoms with van der Waals surface area (Å²) in [4.78, 5) is 12.8. The van der Waals surface area contributed by atoms with Gasteiger partial charge in [-0.3, -0.25) is 4.79 Å². The molecule has 0 aliphatic carbocycles. The Morgan fingerprint density at radius 2 is 1.54 bits per heavy atom. The lowest BCUT2D eigenvalue weighted by molar-refractivity contribution is -0.139. The highest BCUT2D eigenvalue weighted by Gasteiger charge is 2.48. The molecule has 0 aliphatic rings. The monoisotopic (exact) mass is 372 g/mol. The normalized spacial score (nSPS) is 14.0. The van der Waals surface area contributed by atoms with Gasteiger partial charge in [0.15, 0.2) is 0 Å². The molecule has 0 fully saturated rings. The molecule has 0 saturated carbocycles. The molecule has 0 bridgehead atoms. The minimum atomic E-state index is -2.11. The number of carbonyl (C=O) groups is 1. The van der Waals surface area contributed by atoms with Crippen LogP contribution in [0.25, 0.3) is 0 Å². The first kappa shape index (κ1) is 23.9. The van der Waals surface area contributed by atoms with Crippen molar-refractivity contribution in [1.82, 2.24) is 0 Å². The van der Waals surface area contributed by atoms with E-state index in [-0.39, 0.29) is 23.0 Å². The van der Waals surface area contributed by atoms with Gasteiger partial charge in [-0.05, 0) is 37.0 Å². The number of hydrogen-bond acceptors (Lipinski definition) is 3. The van der Waals surface area contributed by atoms with E-state index in [4.69, 9.17) is 8.85 Å². The molecule has 0 aromatic heterocycles. The van der Waals surface area contributed by atoms with Crippen LogP contribution in [0, 0.1) is 5.92 Å². The van der Waals surface area contributed by atoms with Crippen molar-refractivity contribution in [3.05, 3.63) is 0 Å². The van der Waals surface area contributed by atoms with Gasteiger partial charge in [0, 0.05) is 6.10 Å². The van der Waals surface area contributed by atoms with Crippen LogP contribution in [0.4, 0.5) is 0 Å². The van der Waals surface area contributed by atoms with Crippen molar-refractivity contribution in [2.45, 2.75) is 110 Å². The second-order valence-electron chi connectivity index (χ2n) is 8.29. The van der Waals surface area contributed by atoms with Crippen LogP contribution >= 0.6 is 0 Å². The predicted octanol–water partition coefficient (Wildman–Crippen LogP) is 5.97. The van der Waals surface area contributed by atoms with Crippen LogP contribution in [0.1, 0.15) is 81.1 Å². The Hall–Kier alpha value is -0.136. The fraction of sp³-hybridized carbons (Fsp3) is 0.947. The van der Waals surface area contributed by atoms with E-state index in [0.29, 0.717) is 9.76 Å². The van der Waals surface area contributed by atoms with Crippen LogP contribution in [0.3, 0.4) is 0 Å². The van der Waals surface area contributed by atoms with Crippen LogP contribution in [-0.2, 0) is 13.6 Å². The molecule has 142 valence electrons. The average molecular weight is 373 g/mol. The molecule has 0 aliphatic heterocycles. The van der Waals surface area contributed by atoms with Gasteiger partial charge in [0.1, 0.15) is 0 Å². The van der Waals surface area contributed by atoms with Gasteiger partial charge < -0.3 is 8.85 Å². The average Bonchev–Trinajstić information content (AvgIpc) is 2.48. The van der Waals surface area contributed by atoms with Crippen LogP contribution in [0.2, 0.25) is 23.2 Å². The van der Waals surface area contributed by atoms with Gasteiger partial charge in [-0.1, -0.05) is 67.2 Å². The summed E-state index contributed by atoms with van der Waals surface area (Å²) in [5.41, 5.74) is 0. The topological polar surface area (TPSA) is 35.5 Å². The fourth-order valence-corrected chi connectivity index (χ4v) is 8.31. The lowest BCUT2D eigenvalue weighted by atomic mass is 10.2. The molecule has 3 nitrogen and oxygen atoms in total. The lowest BCUT2D eigenvalue weighted by Gasteiger charge is -2.42. The Kier molecular flexibility index (Phi) is 11.4. The lowest BCUT2D eigenvalue weighted by Crippen LogP contribution is -2.49. The number of hydrogen-bond donors (Lipinski definition) is 0. The zero-order valence-corrected chi connectivity index (χ0v) is 19.3. The maximum atomic E-state index is 12.8. The van der Waals surface area contributed by atoms with Gasteiger partial charge in [-0.25, -0.2) is 0 Å². The van der Waals surface area contributed by atoms with Crippen molar-refractivity contribution in [1.29, 1.82) is 0 Å². The minimum Gasteiger partial charge on any atom is -0.518 e. The van der Waals surface area contributed by atoms with Gasteiger partial charge in [0.05, 0.1) is 5.92 Å². The number of unbranched alkanes of at least 4 members (excludes halogenated alkanes) is 2. The van der Waals surface area contributed by atoms with Crippen molar-refractivity contribution in [2.24, 2.45) is 5.92 Å². The molecule has 5 heteroatoms. The van der Waals surface area contributed by atoms with Crippen LogP contribution in [0.5, 0.6) is 0 Å². The second kappa shape index (κ2) is 11.5. The van der Waals surface area contributed by atoms with E-state index in [1.165, 1.54) is 0 Å². The van der Waals surface area contributed by atoms with Crippen LogP contribution in [-0.4, -0.2) is 30.2 Å². The van der Waals surface area contributed by atoms with Crippen molar-refractivity contribution in [3.63, 3.8) is 0 Å². The van der Waals surface area contributed by atoms with Gasteiger partial charge in [-0.15, -0.1) is 0 Å². The third-order valence-electron chi connectivity index (χ3n) is 4.64. The Morgan fingerprint density at radius 1 is 1.04 bits per heavy atom. The molecule has 1 atom stereocenters. The smallest absolute Gasteiger partial charge is 0.295 e. The summed E-state index contributed by atoms with van der Waals surface area (Å²) in [5.74, 6) is -0.0665. The number of carbonyl (C=O) groups excluding carboxylic acids is 1. The third-order valence-corrected chi connectivity index (χ3v) is 11.7. The first-order valence-electron chi connectivity index (χ1n) is 9.71. The van der Waals surface area contributed by atoms with Crippen molar-refractivity contribution < 1.29 is 13.6 Å². The van der Waals surface area contributed by atoms with Crippen LogP contribution in [0.15, 0.2) is 0 Å². The van der Waals surface area contributed by atoms with E-state index >= 15 is 0 Å². The van der Waals surface area contributed by atoms with Gasteiger partial charge in [0.25, 0.3) is 14.3 Å². The van der Waals surface area contributed by atoms with Crippen molar-refractivity contribution in [3.8, 4) is 0 Å². The SMILES string of the molecule is CCCC[Si](CCCC)(OC(=O)C(C)C[Si]OC(C)C)C(C)(C)C. The molecule has 0 saturated heterocycles. The molecular weight excluding hydrogens is 332 g/mol. The van der Waals surface area contributed by atoms with E-state index in [0.717, 1.165) is 43.8 Å². The molecule has 0 heterocycles. The summed E-state index contributed by atoms with van der Waals surface area (Å²) in [7, 11) is -1.74. The molecule has 0 amide bonds. The molecule has 0 N–H and O–H groups in total.